The van der Waals surface area contributed by atoms with E-state index in [4.69, 9.17) is 9.84 Å². The van der Waals surface area contributed by atoms with Gasteiger partial charge in [-0.05, 0) is 30.3 Å². The highest BCUT2D eigenvalue weighted by molar-refractivity contribution is 7.21. The second-order valence-corrected chi connectivity index (χ2v) is 5.24. The Hall–Kier alpha value is -2.40. The first-order valence-corrected chi connectivity index (χ1v) is 6.78. The molecule has 0 saturated carbocycles. The van der Waals surface area contributed by atoms with E-state index in [1.165, 1.54) is 11.3 Å². The molecule has 0 bridgehead atoms. The van der Waals surface area contributed by atoms with Gasteiger partial charge in [0.25, 0.3) is 0 Å². The minimum Gasteiger partial charge on any atom is -0.496 e. The van der Waals surface area contributed by atoms with Gasteiger partial charge in [0.05, 0.1) is 28.5 Å². The number of nitrogens with zero attached hydrogens (tertiary/aromatic N) is 1. The third-order valence-electron chi connectivity index (χ3n) is 2.97. The highest BCUT2D eigenvalue weighted by atomic mass is 32.1. The molecule has 20 heavy (non-hydrogen) atoms. The van der Waals surface area contributed by atoms with Crippen molar-refractivity contribution in [1.29, 1.82) is 0 Å². The summed E-state index contributed by atoms with van der Waals surface area (Å²) < 4.78 is 6.18. The van der Waals surface area contributed by atoms with Crippen molar-refractivity contribution in [3.63, 3.8) is 0 Å². The highest BCUT2D eigenvalue weighted by Crippen LogP contribution is 2.35. The summed E-state index contributed by atoms with van der Waals surface area (Å²) in [4.78, 5) is 15.5. The molecule has 1 heterocycles. The molecule has 1 N–H and O–H groups in total. The van der Waals surface area contributed by atoms with Crippen LogP contribution in [-0.4, -0.2) is 23.2 Å². The van der Waals surface area contributed by atoms with Crippen molar-refractivity contribution in [2.45, 2.75) is 0 Å². The van der Waals surface area contributed by atoms with Crippen LogP contribution in [0.3, 0.4) is 0 Å². The van der Waals surface area contributed by atoms with E-state index in [1.807, 2.05) is 24.3 Å². The van der Waals surface area contributed by atoms with Crippen LogP contribution >= 0.6 is 11.3 Å². The third kappa shape index (κ3) is 2.12. The molecule has 0 aliphatic carbocycles. The van der Waals surface area contributed by atoms with Gasteiger partial charge in [-0.2, -0.15) is 0 Å². The monoisotopic (exact) mass is 285 g/mol. The van der Waals surface area contributed by atoms with E-state index in [1.54, 1.807) is 25.3 Å². The number of carboxylic acid groups (broad SMARTS) is 1. The van der Waals surface area contributed by atoms with Crippen LogP contribution in [0, 0.1) is 0 Å². The second kappa shape index (κ2) is 4.94. The molecular formula is C15H11NO3S. The largest absolute Gasteiger partial charge is 0.496 e. The molecule has 1 aromatic heterocycles. The Morgan fingerprint density at radius 2 is 2.05 bits per heavy atom. The van der Waals surface area contributed by atoms with E-state index in [9.17, 15) is 4.79 Å². The standard InChI is InChI=1S/C15H11NO3S/c1-19-12-5-3-2-4-10(12)14-16-11-7-6-9(15(17)18)8-13(11)20-14/h2-8H,1H3,(H,17,18). The summed E-state index contributed by atoms with van der Waals surface area (Å²) in [6, 6.07) is 12.6. The minimum atomic E-state index is -0.931. The van der Waals surface area contributed by atoms with Crippen LogP contribution in [0.4, 0.5) is 0 Å². The molecule has 0 radical (unpaired) electrons. The van der Waals surface area contributed by atoms with E-state index in [2.05, 4.69) is 4.98 Å². The molecule has 0 atom stereocenters. The molecule has 0 saturated heterocycles. The zero-order chi connectivity index (χ0) is 14.1. The lowest BCUT2D eigenvalue weighted by Gasteiger charge is -2.04. The lowest BCUT2D eigenvalue weighted by molar-refractivity contribution is 0.0697. The lowest BCUT2D eigenvalue weighted by atomic mass is 10.2. The summed E-state index contributed by atoms with van der Waals surface area (Å²) in [5, 5.41) is 9.83. The average molecular weight is 285 g/mol. The number of ether oxygens (including phenoxy) is 1. The van der Waals surface area contributed by atoms with Crippen molar-refractivity contribution in [2.75, 3.05) is 7.11 Å². The maximum atomic E-state index is 11.0. The van der Waals surface area contributed by atoms with E-state index in [0.29, 0.717) is 0 Å². The van der Waals surface area contributed by atoms with E-state index in [-0.39, 0.29) is 5.56 Å². The van der Waals surface area contributed by atoms with Crippen LogP contribution in [0.25, 0.3) is 20.8 Å². The molecule has 100 valence electrons. The number of fused-ring (bicyclic) bond motifs is 1. The minimum absolute atomic E-state index is 0.271. The van der Waals surface area contributed by atoms with Crippen LogP contribution in [0.1, 0.15) is 10.4 Å². The molecule has 0 unspecified atom stereocenters. The Morgan fingerprint density at radius 1 is 1.25 bits per heavy atom. The molecular weight excluding hydrogens is 274 g/mol. The molecule has 5 heteroatoms. The number of para-hydroxylation sites is 1. The number of thiazole rings is 1. The van der Waals surface area contributed by atoms with Crippen molar-refractivity contribution in [2.24, 2.45) is 0 Å². The third-order valence-corrected chi connectivity index (χ3v) is 4.02. The van der Waals surface area contributed by atoms with Crippen LogP contribution in [0.5, 0.6) is 5.75 Å². The topological polar surface area (TPSA) is 59.4 Å². The van der Waals surface area contributed by atoms with Crippen molar-refractivity contribution in [1.82, 2.24) is 4.98 Å². The number of hydrogen-bond donors (Lipinski definition) is 1. The maximum absolute atomic E-state index is 11.0. The molecule has 0 amide bonds. The van der Waals surface area contributed by atoms with E-state index in [0.717, 1.165) is 26.5 Å². The lowest BCUT2D eigenvalue weighted by Crippen LogP contribution is -1.94. The summed E-state index contributed by atoms with van der Waals surface area (Å²) in [5.74, 6) is -0.177. The summed E-state index contributed by atoms with van der Waals surface area (Å²) in [7, 11) is 1.62. The number of methoxy groups -OCH3 is 1. The Bertz CT molecular complexity index is 795. The number of carboxylic acids is 1. The molecule has 4 nitrogen and oxygen atoms in total. The molecule has 0 aliphatic rings. The fourth-order valence-electron chi connectivity index (χ4n) is 1.99. The van der Waals surface area contributed by atoms with Gasteiger partial charge in [0, 0.05) is 0 Å². The van der Waals surface area contributed by atoms with E-state index >= 15 is 0 Å². The highest BCUT2D eigenvalue weighted by Gasteiger charge is 2.12. The van der Waals surface area contributed by atoms with Crippen molar-refractivity contribution in [3.8, 4) is 16.3 Å². The SMILES string of the molecule is COc1ccccc1-c1nc2ccc(C(=O)O)cc2s1. The number of rotatable bonds is 3. The van der Waals surface area contributed by atoms with Gasteiger partial charge in [-0.1, -0.05) is 12.1 Å². The molecule has 0 spiro atoms. The second-order valence-electron chi connectivity index (χ2n) is 4.21. The fraction of sp³-hybridized carbons (Fsp3) is 0.0667. The van der Waals surface area contributed by atoms with Gasteiger partial charge in [-0.15, -0.1) is 11.3 Å². The Kier molecular flexibility index (Phi) is 3.12. The summed E-state index contributed by atoms with van der Waals surface area (Å²) in [5.41, 5.74) is 1.97. The van der Waals surface area contributed by atoms with Gasteiger partial charge < -0.3 is 9.84 Å². The Balaban J connectivity index is 2.15. The first-order chi connectivity index (χ1) is 9.69. The van der Waals surface area contributed by atoms with Gasteiger partial charge in [0.15, 0.2) is 0 Å². The van der Waals surface area contributed by atoms with Crippen molar-refractivity contribution < 1.29 is 14.6 Å². The van der Waals surface area contributed by atoms with Crippen LogP contribution in [0.15, 0.2) is 42.5 Å². The molecule has 0 fully saturated rings. The van der Waals surface area contributed by atoms with Crippen LogP contribution < -0.4 is 4.74 Å². The summed E-state index contributed by atoms with van der Waals surface area (Å²) >= 11 is 1.46. The van der Waals surface area contributed by atoms with Gasteiger partial charge >= 0.3 is 5.97 Å². The van der Waals surface area contributed by atoms with Gasteiger partial charge in [0.1, 0.15) is 10.8 Å². The quantitative estimate of drug-likeness (QED) is 0.797. The molecule has 2 aromatic carbocycles. The average Bonchev–Trinajstić information content (AvgIpc) is 2.89. The zero-order valence-corrected chi connectivity index (χ0v) is 11.5. The number of benzene rings is 2. The van der Waals surface area contributed by atoms with Crippen LogP contribution in [-0.2, 0) is 0 Å². The Morgan fingerprint density at radius 3 is 2.80 bits per heavy atom. The number of aromatic carboxylic acids is 1. The predicted molar refractivity (Wildman–Crippen MR) is 78.6 cm³/mol. The van der Waals surface area contributed by atoms with Gasteiger partial charge in [0.2, 0.25) is 0 Å². The van der Waals surface area contributed by atoms with E-state index < -0.39 is 5.97 Å². The zero-order valence-electron chi connectivity index (χ0n) is 10.7. The predicted octanol–water partition coefficient (Wildman–Crippen LogP) is 3.67. The first kappa shape index (κ1) is 12.6. The Labute approximate surface area is 119 Å². The number of hydrogen-bond acceptors (Lipinski definition) is 4. The van der Waals surface area contributed by atoms with Gasteiger partial charge in [-0.3, -0.25) is 0 Å². The van der Waals surface area contributed by atoms with Gasteiger partial charge in [-0.25, -0.2) is 9.78 Å². The summed E-state index contributed by atoms with van der Waals surface area (Å²) in [6.07, 6.45) is 0. The fourth-order valence-corrected chi connectivity index (χ4v) is 3.03. The number of carbonyl (C=O) groups is 1. The maximum Gasteiger partial charge on any atom is 0.335 e. The van der Waals surface area contributed by atoms with Crippen LogP contribution in [0.2, 0.25) is 0 Å². The number of aromatic nitrogens is 1. The summed E-state index contributed by atoms with van der Waals surface area (Å²) in [6.45, 7) is 0. The molecule has 3 rings (SSSR count). The molecule has 0 aliphatic heterocycles. The van der Waals surface area contributed by atoms with Crippen molar-refractivity contribution >= 4 is 27.5 Å². The normalized spacial score (nSPS) is 10.7. The first-order valence-electron chi connectivity index (χ1n) is 5.96. The smallest absolute Gasteiger partial charge is 0.335 e. The molecule has 3 aromatic rings. The van der Waals surface area contributed by atoms with Crippen molar-refractivity contribution in [3.05, 3.63) is 48.0 Å².